The van der Waals surface area contributed by atoms with E-state index >= 15 is 0 Å². The fourth-order valence-corrected chi connectivity index (χ4v) is 2.82. The van der Waals surface area contributed by atoms with Crippen molar-refractivity contribution in [3.05, 3.63) is 23.8 Å². The summed E-state index contributed by atoms with van der Waals surface area (Å²) in [7, 11) is 0. The van der Waals surface area contributed by atoms with E-state index in [4.69, 9.17) is 15.2 Å². The number of carbonyl (C=O) groups is 2. The molecule has 2 N–H and O–H groups in total. The highest BCUT2D eigenvalue weighted by Crippen LogP contribution is 2.30. The number of benzene rings is 1. The van der Waals surface area contributed by atoms with Crippen LogP contribution in [0.3, 0.4) is 0 Å². The third kappa shape index (κ3) is 3.94. The van der Waals surface area contributed by atoms with Gasteiger partial charge in [0, 0.05) is 12.1 Å². The van der Waals surface area contributed by atoms with Gasteiger partial charge in [-0.15, -0.1) is 0 Å². The van der Waals surface area contributed by atoms with Gasteiger partial charge in [0.15, 0.2) is 11.5 Å². The zero-order valence-electron chi connectivity index (χ0n) is 13.7. The molecule has 1 saturated heterocycles. The molecule has 1 heterocycles. The van der Waals surface area contributed by atoms with Gasteiger partial charge in [0.2, 0.25) is 5.91 Å². The van der Waals surface area contributed by atoms with Gasteiger partial charge >= 0.3 is 0 Å². The molecule has 2 rings (SSSR count). The van der Waals surface area contributed by atoms with Crippen molar-refractivity contribution in [2.75, 3.05) is 19.8 Å². The number of nitrogens with two attached hydrogens (primary N) is 1. The lowest BCUT2D eigenvalue weighted by atomic mass is 10.00. The largest absolute Gasteiger partial charge is 0.490 e. The minimum atomic E-state index is -0.529. The second-order valence-electron chi connectivity index (χ2n) is 5.44. The van der Waals surface area contributed by atoms with Crippen molar-refractivity contribution in [1.82, 2.24) is 4.90 Å². The van der Waals surface area contributed by atoms with E-state index in [1.807, 2.05) is 13.8 Å². The molecule has 1 aliphatic rings. The minimum absolute atomic E-state index is 0.197. The summed E-state index contributed by atoms with van der Waals surface area (Å²) in [6.45, 7) is 5.30. The quantitative estimate of drug-likeness (QED) is 0.868. The maximum Gasteiger partial charge on any atom is 0.254 e. The van der Waals surface area contributed by atoms with Gasteiger partial charge in [-0.05, 0) is 51.3 Å². The maximum absolute atomic E-state index is 12.8. The molecule has 6 heteroatoms. The zero-order chi connectivity index (χ0) is 16.8. The molecule has 1 aromatic carbocycles. The van der Waals surface area contributed by atoms with E-state index < -0.39 is 11.9 Å². The molecular formula is C17H24N2O4. The number of ether oxygens (including phenoxy) is 2. The summed E-state index contributed by atoms with van der Waals surface area (Å²) in [5.41, 5.74) is 5.91. The summed E-state index contributed by atoms with van der Waals surface area (Å²) in [6, 6.07) is 4.56. The van der Waals surface area contributed by atoms with E-state index in [1.165, 1.54) is 0 Å². The summed E-state index contributed by atoms with van der Waals surface area (Å²) >= 11 is 0. The number of primary amides is 1. The highest BCUT2D eigenvalue weighted by molar-refractivity contribution is 5.98. The lowest BCUT2D eigenvalue weighted by molar-refractivity contribution is -0.123. The first-order valence-electron chi connectivity index (χ1n) is 8.08. The number of likely N-dealkylation sites (tertiary alicyclic amines) is 1. The Kier molecular flexibility index (Phi) is 5.84. The number of rotatable bonds is 6. The highest BCUT2D eigenvalue weighted by Gasteiger charge is 2.31. The molecule has 0 saturated carbocycles. The Morgan fingerprint density at radius 2 is 1.87 bits per heavy atom. The molecule has 0 radical (unpaired) electrons. The maximum atomic E-state index is 12.8. The van der Waals surface area contributed by atoms with Crippen LogP contribution in [0.15, 0.2) is 18.2 Å². The highest BCUT2D eigenvalue weighted by atomic mass is 16.5. The molecule has 23 heavy (non-hydrogen) atoms. The first-order chi connectivity index (χ1) is 11.1. The average Bonchev–Trinajstić information content (AvgIpc) is 2.56. The van der Waals surface area contributed by atoms with Crippen LogP contribution in [0.4, 0.5) is 0 Å². The summed E-state index contributed by atoms with van der Waals surface area (Å²) in [4.78, 5) is 25.9. The van der Waals surface area contributed by atoms with Crippen molar-refractivity contribution in [2.24, 2.45) is 5.73 Å². The van der Waals surface area contributed by atoms with Crippen LogP contribution in [0.5, 0.6) is 11.5 Å². The van der Waals surface area contributed by atoms with Gasteiger partial charge in [-0.3, -0.25) is 9.59 Å². The Bertz CT molecular complexity index is 574. The van der Waals surface area contributed by atoms with Crippen LogP contribution >= 0.6 is 0 Å². The molecule has 0 aliphatic carbocycles. The van der Waals surface area contributed by atoms with Crippen molar-refractivity contribution in [3.8, 4) is 11.5 Å². The molecule has 1 unspecified atom stereocenters. The van der Waals surface area contributed by atoms with Crippen LogP contribution in [0.2, 0.25) is 0 Å². The van der Waals surface area contributed by atoms with Crippen molar-refractivity contribution in [2.45, 2.75) is 39.2 Å². The van der Waals surface area contributed by atoms with E-state index in [-0.39, 0.29) is 5.91 Å². The Morgan fingerprint density at radius 3 is 2.52 bits per heavy atom. The molecule has 1 atom stereocenters. The number of amides is 2. The Morgan fingerprint density at radius 1 is 1.17 bits per heavy atom. The van der Waals surface area contributed by atoms with Gasteiger partial charge in [-0.1, -0.05) is 0 Å². The molecule has 0 spiro atoms. The fourth-order valence-electron chi connectivity index (χ4n) is 2.82. The van der Waals surface area contributed by atoms with E-state index in [0.717, 1.165) is 12.8 Å². The van der Waals surface area contributed by atoms with E-state index in [2.05, 4.69) is 0 Å². The van der Waals surface area contributed by atoms with Crippen LogP contribution in [0.1, 0.15) is 43.5 Å². The third-order valence-electron chi connectivity index (χ3n) is 3.88. The molecule has 6 nitrogen and oxygen atoms in total. The standard InChI is InChI=1S/C17H24N2O4/c1-3-22-14-9-8-12(11-15(14)23-4-2)17(21)19-10-6-5-7-13(19)16(18)20/h8-9,11,13H,3-7,10H2,1-2H3,(H2,18,20). The number of hydrogen-bond acceptors (Lipinski definition) is 4. The van der Waals surface area contributed by atoms with Crippen molar-refractivity contribution < 1.29 is 19.1 Å². The molecule has 0 aromatic heterocycles. The Balaban J connectivity index is 2.27. The van der Waals surface area contributed by atoms with E-state index in [9.17, 15) is 9.59 Å². The minimum Gasteiger partial charge on any atom is -0.490 e. The van der Waals surface area contributed by atoms with Crippen LogP contribution in [-0.4, -0.2) is 42.5 Å². The normalized spacial score (nSPS) is 17.7. The van der Waals surface area contributed by atoms with Gasteiger partial charge in [0.25, 0.3) is 5.91 Å². The van der Waals surface area contributed by atoms with Crippen molar-refractivity contribution >= 4 is 11.8 Å². The summed E-state index contributed by atoms with van der Waals surface area (Å²) < 4.78 is 11.1. The van der Waals surface area contributed by atoms with E-state index in [0.29, 0.717) is 43.2 Å². The molecule has 1 aromatic rings. The molecule has 126 valence electrons. The monoisotopic (exact) mass is 320 g/mol. The van der Waals surface area contributed by atoms with Gasteiger partial charge in [-0.25, -0.2) is 0 Å². The van der Waals surface area contributed by atoms with Gasteiger partial charge in [-0.2, -0.15) is 0 Å². The topological polar surface area (TPSA) is 81.9 Å². The summed E-state index contributed by atoms with van der Waals surface area (Å²) in [6.07, 6.45) is 2.41. The molecule has 1 aliphatic heterocycles. The number of piperidine rings is 1. The SMILES string of the molecule is CCOc1ccc(C(=O)N2CCCCC2C(N)=O)cc1OCC. The molecule has 0 bridgehead atoms. The smallest absolute Gasteiger partial charge is 0.254 e. The molecular weight excluding hydrogens is 296 g/mol. The fraction of sp³-hybridized carbons (Fsp3) is 0.529. The van der Waals surface area contributed by atoms with Crippen LogP contribution < -0.4 is 15.2 Å². The summed E-state index contributed by atoms with van der Waals surface area (Å²) in [5.74, 6) is 0.496. The van der Waals surface area contributed by atoms with Crippen LogP contribution in [0, 0.1) is 0 Å². The first kappa shape index (κ1) is 17.1. The Hall–Kier alpha value is -2.24. The number of carbonyl (C=O) groups excluding carboxylic acids is 2. The van der Waals surface area contributed by atoms with E-state index in [1.54, 1.807) is 23.1 Å². The number of nitrogens with zero attached hydrogens (tertiary/aromatic N) is 1. The molecule has 2 amide bonds. The average molecular weight is 320 g/mol. The predicted octanol–water partition coefficient (Wildman–Crippen LogP) is 1.96. The van der Waals surface area contributed by atoms with Crippen molar-refractivity contribution in [3.63, 3.8) is 0 Å². The lowest BCUT2D eigenvalue weighted by Gasteiger charge is -2.33. The first-order valence-corrected chi connectivity index (χ1v) is 8.08. The second kappa shape index (κ2) is 7.85. The van der Waals surface area contributed by atoms with Crippen molar-refractivity contribution in [1.29, 1.82) is 0 Å². The predicted molar refractivity (Wildman–Crippen MR) is 86.6 cm³/mol. The lowest BCUT2D eigenvalue weighted by Crippen LogP contribution is -2.50. The zero-order valence-corrected chi connectivity index (χ0v) is 13.7. The van der Waals surface area contributed by atoms with Gasteiger partial charge < -0.3 is 20.1 Å². The second-order valence-corrected chi connectivity index (χ2v) is 5.44. The van der Waals surface area contributed by atoms with Crippen LogP contribution in [0.25, 0.3) is 0 Å². The van der Waals surface area contributed by atoms with Crippen LogP contribution in [-0.2, 0) is 4.79 Å². The summed E-state index contributed by atoms with van der Waals surface area (Å²) in [5, 5.41) is 0. The van der Waals surface area contributed by atoms with Gasteiger partial charge in [0.05, 0.1) is 13.2 Å². The van der Waals surface area contributed by atoms with Gasteiger partial charge in [0.1, 0.15) is 6.04 Å². The Labute approximate surface area is 136 Å². The third-order valence-corrected chi connectivity index (χ3v) is 3.88. The molecule has 1 fully saturated rings. The number of hydrogen-bond donors (Lipinski definition) is 1.